The maximum absolute atomic E-state index is 12.8. The van der Waals surface area contributed by atoms with E-state index in [2.05, 4.69) is 15.7 Å². The van der Waals surface area contributed by atoms with Gasteiger partial charge in [0.05, 0.1) is 39.3 Å². The maximum atomic E-state index is 12.8. The molecule has 180 valence electrons. The second kappa shape index (κ2) is 9.47. The minimum Gasteiger partial charge on any atom is -0.493 e. The Hall–Kier alpha value is -3.63. The van der Waals surface area contributed by atoms with Crippen LogP contribution in [0.15, 0.2) is 12.1 Å². The molecule has 0 fully saturated rings. The van der Waals surface area contributed by atoms with Gasteiger partial charge in [0.15, 0.2) is 11.5 Å². The van der Waals surface area contributed by atoms with Crippen LogP contribution >= 0.6 is 0 Å². The first-order valence-corrected chi connectivity index (χ1v) is 10.5. The van der Waals surface area contributed by atoms with Crippen molar-refractivity contribution >= 4 is 23.6 Å². The molecule has 11 heteroatoms. The highest BCUT2D eigenvalue weighted by Gasteiger charge is 2.30. The molecule has 1 aliphatic rings. The lowest BCUT2D eigenvalue weighted by Crippen LogP contribution is -2.40. The second-order valence-corrected chi connectivity index (χ2v) is 8.54. The molecule has 0 aliphatic carbocycles. The van der Waals surface area contributed by atoms with Gasteiger partial charge in [0, 0.05) is 37.7 Å². The number of urea groups is 1. The van der Waals surface area contributed by atoms with Gasteiger partial charge in [0.1, 0.15) is 11.4 Å². The number of carbonyl (C=O) groups is 2. The van der Waals surface area contributed by atoms with Gasteiger partial charge in [-0.15, -0.1) is 0 Å². The van der Waals surface area contributed by atoms with Crippen molar-refractivity contribution in [2.45, 2.75) is 39.3 Å². The standard InChI is InChI=1S/C22H31N5O6/c1-22(2,3)33-21(29)27-9-8-15-14(12-27)19(26(4)25-15)24-20(28)23-13-10-16(30-5)18(32-7)17(11-13)31-6/h10-11H,8-9,12H2,1-7H3,(H2,23,24,28). The molecule has 1 aromatic heterocycles. The lowest BCUT2D eigenvalue weighted by molar-refractivity contribution is 0.0224. The van der Waals surface area contributed by atoms with E-state index in [1.54, 1.807) is 28.8 Å². The largest absolute Gasteiger partial charge is 0.493 e. The Morgan fingerprint density at radius 2 is 1.67 bits per heavy atom. The molecule has 3 rings (SSSR count). The molecule has 3 amide bonds. The Labute approximate surface area is 192 Å². The van der Waals surface area contributed by atoms with Crippen LogP contribution in [0.25, 0.3) is 0 Å². The zero-order valence-corrected chi connectivity index (χ0v) is 20.1. The first-order valence-electron chi connectivity index (χ1n) is 10.5. The minimum atomic E-state index is -0.590. The number of anilines is 2. The number of rotatable bonds is 5. The van der Waals surface area contributed by atoms with Gasteiger partial charge < -0.3 is 29.2 Å². The number of ether oxygens (including phenoxy) is 4. The van der Waals surface area contributed by atoms with Crippen LogP contribution in [0.2, 0.25) is 0 Å². The molecular formula is C22H31N5O6. The summed E-state index contributed by atoms with van der Waals surface area (Å²) >= 11 is 0. The summed E-state index contributed by atoms with van der Waals surface area (Å²) in [6.07, 6.45) is 0.170. The fourth-order valence-electron chi connectivity index (χ4n) is 3.56. The number of aryl methyl sites for hydroxylation is 1. The van der Waals surface area contributed by atoms with Crippen LogP contribution in [-0.4, -0.2) is 60.3 Å². The molecule has 2 N–H and O–H groups in total. The van der Waals surface area contributed by atoms with Crippen LogP contribution in [0, 0.1) is 0 Å². The van der Waals surface area contributed by atoms with Gasteiger partial charge in [0.25, 0.3) is 0 Å². The Morgan fingerprint density at radius 3 is 2.21 bits per heavy atom. The summed E-state index contributed by atoms with van der Waals surface area (Å²) in [4.78, 5) is 26.9. The van der Waals surface area contributed by atoms with Gasteiger partial charge in [0.2, 0.25) is 5.75 Å². The normalized spacial score (nSPS) is 13.1. The zero-order chi connectivity index (χ0) is 24.3. The first kappa shape index (κ1) is 24.0. The molecule has 1 aromatic carbocycles. The third-order valence-corrected chi connectivity index (χ3v) is 5.00. The van der Waals surface area contributed by atoms with Crippen LogP contribution < -0.4 is 24.8 Å². The summed E-state index contributed by atoms with van der Waals surface area (Å²) in [5.74, 6) is 1.76. The fourth-order valence-corrected chi connectivity index (χ4v) is 3.56. The SMILES string of the molecule is COc1cc(NC(=O)Nc2c3c(nn2C)CCN(C(=O)OC(C)(C)C)C3)cc(OC)c1OC. The summed E-state index contributed by atoms with van der Waals surface area (Å²) in [6.45, 7) is 6.26. The third kappa shape index (κ3) is 5.41. The van der Waals surface area contributed by atoms with E-state index in [4.69, 9.17) is 18.9 Å². The van der Waals surface area contributed by atoms with Crippen molar-refractivity contribution in [2.75, 3.05) is 38.5 Å². The van der Waals surface area contributed by atoms with Gasteiger partial charge in [-0.05, 0) is 20.8 Å². The van der Waals surface area contributed by atoms with E-state index in [0.717, 1.165) is 11.3 Å². The van der Waals surface area contributed by atoms with E-state index in [9.17, 15) is 9.59 Å². The topological polar surface area (TPSA) is 116 Å². The Kier molecular flexibility index (Phi) is 6.89. The van der Waals surface area contributed by atoms with Crippen molar-refractivity contribution in [1.29, 1.82) is 0 Å². The Balaban J connectivity index is 1.77. The van der Waals surface area contributed by atoms with Crippen LogP contribution in [0.5, 0.6) is 17.2 Å². The van der Waals surface area contributed by atoms with Crippen molar-refractivity contribution < 1.29 is 28.5 Å². The minimum absolute atomic E-state index is 0.290. The zero-order valence-electron chi connectivity index (χ0n) is 20.1. The van der Waals surface area contributed by atoms with E-state index >= 15 is 0 Å². The fraction of sp³-hybridized carbons (Fsp3) is 0.500. The average Bonchev–Trinajstić information content (AvgIpc) is 3.05. The molecule has 0 unspecified atom stereocenters. The maximum Gasteiger partial charge on any atom is 0.410 e. The van der Waals surface area contributed by atoms with Crippen molar-refractivity contribution in [1.82, 2.24) is 14.7 Å². The summed E-state index contributed by atoms with van der Waals surface area (Å²) in [6, 6.07) is 2.78. The number of nitrogens with one attached hydrogen (secondary N) is 2. The van der Waals surface area contributed by atoms with Gasteiger partial charge in [-0.1, -0.05) is 0 Å². The number of methoxy groups -OCH3 is 3. The van der Waals surface area contributed by atoms with Crippen molar-refractivity contribution in [3.63, 3.8) is 0 Å². The number of benzene rings is 1. The van der Waals surface area contributed by atoms with E-state index in [1.165, 1.54) is 21.3 Å². The lowest BCUT2D eigenvalue weighted by Gasteiger charge is -2.29. The average molecular weight is 462 g/mol. The second-order valence-electron chi connectivity index (χ2n) is 8.54. The van der Waals surface area contributed by atoms with Crippen molar-refractivity contribution in [3.8, 4) is 17.2 Å². The smallest absolute Gasteiger partial charge is 0.410 e. The van der Waals surface area contributed by atoms with Crippen LogP contribution in [0.4, 0.5) is 21.1 Å². The number of aromatic nitrogens is 2. The number of fused-ring (bicyclic) bond motifs is 1. The molecule has 0 saturated carbocycles. The van der Waals surface area contributed by atoms with E-state index < -0.39 is 17.7 Å². The van der Waals surface area contributed by atoms with Gasteiger partial charge in [-0.25, -0.2) is 9.59 Å². The molecule has 0 saturated heterocycles. The molecule has 2 heterocycles. The summed E-state index contributed by atoms with van der Waals surface area (Å²) in [5.41, 5.74) is 1.47. The number of nitrogens with zero attached hydrogens (tertiary/aromatic N) is 3. The van der Waals surface area contributed by atoms with Crippen molar-refractivity contribution in [2.24, 2.45) is 7.05 Å². The molecule has 1 aliphatic heterocycles. The summed E-state index contributed by atoms with van der Waals surface area (Å²) in [7, 11) is 6.25. The number of hydrogen-bond donors (Lipinski definition) is 2. The highest BCUT2D eigenvalue weighted by molar-refractivity contribution is 6.00. The number of carbonyl (C=O) groups excluding carboxylic acids is 2. The quantitative estimate of drug-likeness (QED) is 0.701. The predicted molar refractivity (Wildman–Crippen MR) is 122 cm³/mol. The third-order valence-electron chi connectivity index (χ3n) is 5.00. The molecule has 0 atom stereocenters. The highest BCUT2D eigenvalue weighted by atomic mass is 16.6. The Morgan fingerprint density at radius 1 is 1.03 bits per heavy atom. The lowest BCUT2D eigenvalue weighted by atomic mass is 10.1. The molecule has 0 spiro atoms. The molecular weight excluding hydrogens is 430 g/mol. The first-order chi connectivity index (χ1) is 15.6. The van der Waals surface area contributed by atoms with E-state index in [0.29, 0.717) is 41.7 Å². The Bertz CT molecular complexity index is 1020. The van der Waals surface area contributed by atoms with Crippen LogP contribution in [0.1, 0.15) is 32.0 Å². The molecule has 33 heavy (non-hydrogen) atoms. The van der Waals surface area contributed by atoms with Gasteiger partial charge in [-0.2, -0.15) is 5.10 Å². The number of amides is 3. The van der Waals surface area contributed by atoms with Crippen molar-refractivity contribution in [3.05, 3.63) is 23.4 Å². The summed E-state index contributed by atoms with van der Waals surface area (Å²) in [5, 5.41) is 10.1. The monoisotopic (exact) mass is 461 g/mol. The van der Waals surface area contributed by atoms with Gasteiger partial charge in [-0.3, -0.25) is 10.00 Å². The van der Waals surface area contributed by atoms with E-state index in [-0.39, 0.29) is 6.54 Å². The highest BCUT2D eigenvalue weighted by Crippen LogP contribution is 2.40. The van der Waals surface area contributed by atoms with Crippen LogP contribution in [-0.2, 0) is 24.8 Å². The summed E-state index contributed by atoms with van der Waals surface area (Å²) < 4.78 is 23.0. The number of hydrogen-bond acceptors (Lipinski definition) is 7. The molecule has 2 aromatic rings. The van der Waals surface area contributed by atoms with Crippen LogP contribution in [0.3, 0.4) is 0 Å². The van der Waals surface area contributed by atoms with E-state index in [1.807, 2.05) is 20.8 Å². The molecule has 11 nitrogen and oxygen atoms in total. The molecule has 0 radical (unpaired) electrons. The van der Waals surface area contributed by atoms with Gasteiger partial charge >= 0.3 is 12.1 Å². The molecule has 0 bridgehead atoms. The predicted octanol–water partition coefficient (Wildman–Crippen LogP) is 3.38.